The van der Waals surface area contributed by atoms with Crippen molar-refractivity contribution in [1.29, 1.82) is 0 Å². The number of benzene rings is 2. The largest absolute Gasteiger partial charge is 0.494 e. The number of aromatic nitrogens is 2. The molecule has 0 aliphatic rings. The van der Waals surface area contributed by atoms with Gasteiger partial charge in [-0.3, -0.25) is 0 Å². The number of hydrogen-bond acceptors (Lipinski definition) is 3. The van der Waals surface area contributed by atoms with Gasteiger partial charge in [-0.1, -0.05) is 82.7 Å². The van der Waals surface area contributed by atoms with Crippen LogP contribution >= 0.6 is 0 Å². The summed E-state index contributed by atoms with van der Waals surface area (Å²) in [5, 5.41) is 0. The number of unbranched alkanes of at least 4 members (excludes halogenated alkanes) is 6. The molecule has 0 aliphatic carbocycles. The van der Waals surface area contributed by atoms with E-state index in [4.69, 9.17) is 4.74 Å². The van der Waals surface area contributed by atoms with Gasteiger partial charge >= 0.3 is 0 Å². The summed E-state index contributed by atoms with van der Waals surface area (Å²) >= 11 is 0. The molecule has 0 bridgehead atoms. The van der Waals surface area contributed by atoms with Crippen molar-refractivity contribution in [2.24, 2.45) is 5.92 Å². The van der Waals surface area contributed by atoms with Crippen molar-refractivity contribution in [2.45, 2.75) is 84.5 Å². The molecule has 0 saturated heterocycles. The number of rotatable bonds is 17. The molecule has 1 aromatic heterocycles. The van der Waals surface area contributed by atoms with Crippen molar-refractivity contribution >= 4 is 0 Å². The second kappa shape index (κ2) is 15.9. The average Bonchev–Trinajstić information content (AvgIpc) is 2.93. The highest BCUT2D eigenvalue weighted by Crippen LogP contribution is 2.23. The van der Waals surface area contributed by atoms with Gasteiger partial charge in [-0.2, -0.15) is 0 Å². The summed E-state index contributed by atoms with van der Waals surface area (Å²) in [5.74, 6) is 2.50. The van der Waals surface area contributed by atoms with Gasteiger partial charge in [-0.25, -0.2) is 9.97 Å². The summed E-state index contributed by atoms with van der Waals surface area (Å²) in [4.78, 5) is 9.24. The highest BCUT2D eigenvalue weighted by molar-refractivity contribution is 5.64. The predicted octanol–water partition coefficient (Wildman–Crippen LogP) is 9.47. The number of aryl methyl sites for hydroxylation is 1. The van der Waals surface area contributed by atoms with E-state index in [-0.39, 0.29) is 0 Å². The molecule has 1 heterocycles. The highest BCUT2D eigenvalue weighted by atomic mass is 16.5. The maximum atomic E-state index is 5.88. The molecule has 192 valence electrons. The summed E-state index contributed by atoms with van der Waals surface area (Å²) in [6.45, 7) is 9.17. The van der Waals surface area contributed by atoms with Crippen LogP contribution in [-0.2, 0) is 6.42 Å². The lowest BCUT2D eigenvalue weighted by Crippen LogP contribution is -1.97. The summed E-state index contributed by atoms with van der Waals surface area (Å²) < 4.78 is 5.88. The third-order valence-electron chi connectivity index (χ3n) is 6.98. The summed E-state index contributed by atoms with van der Waals surface area (Å²) in [5.41, 5.74) is 4.62. The van der Waals surface area contributed by atoms with Crippen LogP contribution in [0.4, 0.5) is 0 Å². The van der Waals surface area contributed by atoms with Crippen LogP contribution in [0.2, 0.25) is 0 Å². The van der Waals surface area contributed by atoms with Crippen LogP contribution in [0.1, 0.15) is 83.6 Å². The molecule has 3 rings (SSSR count). The van der Waals surface area contributed by atoms with Crippen molar-refractivity contribution in [3.63, 3.8) is 0 Å². The zero-order valence-electron chi connectivity index (χ0n) is 22.4. The molecule has 0 N–H and O–H groups in total. The van der Waals surface area contributed by atoms with E-state index in [1.165, 1.54) is 56.9 Å². The molecule has 0 saturated carbocycles. The third kappa shape index (κ3) is 9.60. The molecular weight excluding hydrogens is 440 g/mol. The Morgan fingerprint density at radius 3 is 2.14 bits per heavy atom. The first kappa shape index (κ1) is 27.6. The fraction of sp³-hybridized carbons (Fsp3) is 0.455. The van der Waals surface area contributed by atoms with Gasteiger partial charge in [0.05, 0.1) is 6.61 Å². The van der Waals surface area contributed by atoms with Gasteiger partial charge in [-0.15, -0.1) is 6.58 Å². The standard InChI is InChI=1S/C33H44N2O/c1-4-6-7-8-9-13-24-36-32-22-20-30(21-23-32)33-34-25-31(26-35-33)29-18-16-28(17-19-29)15-12-10-11-14-27(3)5-2/h4,16-23,25-27H,1,5-15,24H2,2-3H3. The van der Waals surface area contributed by atoms with Crippen LogP contribution in [-0.4, -0.2) is 16.6 Å². The van der Waals surface area contributed by atoms with Crippen LogP contribution in [0.5, 0.6) is 5.75 Å². The highest BCUT2D eigenvalue weighted by Gasteiger charge is 2.05. The normalized spacial score (nSPS) is 11.8. The Kier molecular flexibility index (Phi) is 12.2. The average molecular weight is 485 g/mol. The number of ether oxygens (including phenoxy) is 1. The minimum atomic E-state index is 0.738. The number of hydrogen-bond donors (Lipinski definition) is 0. The molecular formula is C33H44N2O. The maximum Gasteiger partial charge on any atom is 0.159 e. The first-order valence-electron chi connectivity index (χ1n) is 13.9. The molecule has 3 heteroatoms. The van der Waals surface area contributed by atoms with Crippen LogP contribution < -0.4 is 4.74 Å². The Labute approximate surface area is 219 Å². The second-order valence-electron chi connectivity index (χ2n) is 9.97. The van der Waals surface area contributed by atoms with E-state index >= 15 is 0 Å². The van der Waals surface area contributed by atoms with Gasteiger partial charge < -0.3 is 4.74 Å². The third-order valence-corrected chi connectivity index (χ3v) is 6.98. The fourth-order valence-corrected chi connectivity index (χ4v) is 4.33. The lowest BCUT2D eigenvalue weighted by atomic mass is 9.98. The zero-order chi connectivity index (χ0) is 25.4. The van der Waals surface area contributed by atoms with Gasteiger partial charge in [0.15, 0.2) is 5.82 Å². The molecule has 0 aliphatic heterocycles. The summed E-state index contributed by atoms with van der Waals surface area (Å²) in [6.07, 6.45) is 19.5. The molecule has 0 radical (unpaired) electrons. The minimum Gasteiger partial charge on any atom is -0.494 e. The Bertz CT molecular complexity index is 993. The minimum absolute atomic E-state index is 0.738. The molecule has 2 aromatic carbocycles. The van der Waals surface area contributed by atoms with Crippen molar-refractivity contribution < 1.29 is 4.74 Å². The lowest BCUT2D eigenvalue weighted by Gasteiger charge is -2.08. The first-order chi connectivity index (χ1) is 17.7. The van der Waals surface area contributed by atoms with Gasteiger partial charge in [-0.05, 0) is 73.4 Å². The van der Waals surface area contributed by atoms with Gasteiger partial charge in [0.2, 0.25) is 0 Å². The quantitative estimate of drug-likeness (QED) is 0.141. The smallest absolute Gasteiger partial charge is 0.159 e. The van der Waals surface area contributed by atoms with E-state index in [1.54, 1.807) is 0 Å². The lowest BCUT2D eigenvalue weighted by molar-refractivity contribution is 0.305. The topological polar surface area (TPSA) is 35.0 Å². The van der Waals surface area contributed by atoms with E-state index in [0.29, 0.717) is 0 Å². The SMILES string of the molecule is C=CCCCCCCOc1ccc(-c2ncc(-c3ccc(CCCCCC(C)CC)cc3)cn2)cc1. The summed E-state index contributed by atoms with van der Waals surface area (Å²) in [6, 6.07) is 17.0. The van der Waals surface area contributed by atoms with Crippen molar-refractivity contribution in [3.05, 3.63) is 79.1 Å². The predicted molar refractivity (Wildman–Crippen MR) is 153 cm³/mol. The molecule has 0 amide bonds. The summed E-state index contributed by atoms with van der Waals surface area (Å²) in [7, 11) is 0. The van der Waals surface area contributed by atoms with E-state index in [0.717, 1.165) is 60.1 Å². The van der Waals surface area contributed by atoms with Crippen molar-refractivity contribution in [2.75, 3.05) is 6.61 Å². The van der Waals surface area contributed by atoms with E-state index in [1.807, 2.05) is 42.7 Å². The monoisotopic (exact) mass is 484 g/mol. The molecule has 3 nitrogen and oxygen atoms in total. The molecule has 0 fully saturated rings. The van der Waals surface area contributed by atoms with Gasteiger partial charge in [0.25, 0.3) is 0 Å². The van der Waals surface area contributed by atoms with Gasteiger partial charge in [0, 0.05) is 23.5 Å². The molecule has 1 unspecified atom stereocenters. The number of allylic oxidation sites excluding steroid dienone is 1. The van der Waals surface area contributed by atoms with E-state index < -0.39 is 0 Å². The second-order valence-corrected chi connectivity index (χ2v) is 9.97. The van der Waals surface area contributed by atoms with E-state index in [9.17, 15) is 0 Å². The Morgan fingerprint density at radius 1 is 0.778 bits per heavy atom. The Hall–Kier alpha value is -2.94. The molecule has 0 spiro atoms. The van der Waals surface area contributed by atoms with Crippen LogP contribution in [0.15, 0.2) is 73.6 Å². The van der Waals surface area contributed by atoms with Crippen LogP contribution in [0.3, 0.4) is 0 Å². The first-order valence-corrected chi connectivity index (χ1v) is 13.9. The number of nitrogens with zero attached hydrogens (tertiary/aromatic N) is 2. The molecule has 3 aromatic rings. The molecule has 1 atom stereocenters. The van der Waals surface area contributed by atoms with Crippen molar-refractivity contribution in [3.8, 4) is 28.3 Å². The van der Waals surface area contributed by atoms with Crippen LogP contribution in [0.25, 0.3) is 22.5 Å². The molecule has 36 heavy (non-hydrogen) atoms. The van der Waals surface area contributed by atoms with Crippen molar-refractivity contribution in [1.82, 2.24) is 9.97 Å². The zero-order valence-corrected chi connectivity index (χ0v) is 22.4. The Balaban J connectivity index is 1.43. The maximum absolute atomic E-state index is 5.88. The van der Waals surface area contributed by atoms with E-state index in [2.05, 4.69) is 54.7 Å². The van der Waals surface area contributed by atoms with Crippen LogP contribution in [0, 0.1) is 5.92 Å². The fourth-order valence-electron chi connectivity index (χ4n) is 4.33. The Morgan fingerprint density at radius 2 is 1.44 bits per heavy atom. The van der Waals surface area contributed by atoms with Gasteiger partial charge in [0.1, 0.15) is 5.75 Å².